The van der Waals surface area contributed by atoms with Crippen molar-refractivity contribution >= 4 is 22.5 Å². The number of anilines is 1. The Hall–Kier alpha value is -1.43. The number of nitrogens with zero attached hydrogens (tertiary/aromatic N) is 3. The highest BCUT2D eigenvalue weighted by Crippen LogP contribution is 2.50. The van der Waals surface area contributed by atoms with Gasteiger partial charge in [-0.25, -0.2) is 4.79 Å². The molecule has 1 aromatic heterocycles. The highest BCUT2D eigenvalue weighted by molar-refractivity contribution is 7.15. The van der Waals surface area contributed by atoms with Gasteiger partial charge in [0.2, 0.25) is 5.13 Å². The summed E-state index contributed by atoms with van der Waals surface area (Å²) in [5, 5.41) is 12.7. The molecule has 6 heteroatoms. The van der Waals surface area contributed by atoms with Gasteiger partial charge in [0.15, 0.2) is 0 Å². The van der Waals surface area contributed by atoms with Crippen LogP contribution in [0, 0.1) is 11.3 Å². The molecule has 1 fully saturated rings. The molecule has 1 aromatic rings. The van der Waals surface area contributed by atoms with E-state index in [0.29, 0.717) is 17.1 Å². The first kappa shape index (κ1) is 15.5. The average Bonchev–Trinajstić information content (AvgIpc) is 3.06. The summed E-state index contributed by atoms with van der Waals surface area (Å²) >= 11 is 1.48. The maximum absolute atomic E-state index is 12.6. The van der Waals surface area contributed by atoms with E-state index in [1.807, 2.05) is 4.90 Å². The maximum Gasteiger partial charge on any atom is 0.323 e. The zero-order chi connectivity index (χ0) is 15.7. The fourth-order valence-electron chi connectivity index (χ4n) is 3.89. The summed E-state index contributed by atoms with van der Waals surface area (Å²) in [5.74, 6) is 0.462. The average molecular weight is 320 g/mol. The Balaban J connectivity index is 1.64. The molecule has 1 spiro atoms. The number of aryl methyl sites for hydroxylation is 1. The van der Waals surface area contributed by atoms with E-state index in [1.165, 1.54) is 11.3 Å². The van der Waals surface area contributed by atoms with Crippen LogP contribution in [0.25, 0.3) is 0 Å². The second kappa shape index (κ2) is 5.99. The molecule has 1 unspecified atom stereocenters. The van der Waals surface area contributed by atoms with Crippen molar-refractivity contribution in [3.05, 3.63) is 17.2 Å². The van der Waals surface area contributed by atoms with Crippen LogP contribution in [0.15, 0.2) is 12.2 Å². The Morgan fingerprint density at radius 3 is 2.82 bits per heavy atom. The molecule has 120 valence electrons. The normalized spacial score (nSPS) is 22.4. The van der Waals surface area contributed by atoms with E-state index in [9.17, 15) is 4.79 Å². The van der Waals surface area contributed by atoms with Crippen LogP contribution in [-0.4, -0.2) is 33.7 Å². The van der Waals surface area contributed by atoms with Crippen molar-refractivity contribution < 1.29 is 4.79 Å². The predicted octanol–water partition coefficient (Wildman–Crippen LogP) is 3.70. The molecule has 2 amide bonds. The first-order valence-electron chi connectivity index (χ1n) is 8.11. The Morgan fingerprint density at radius 2 is 2.18 bits per heavy atom. The molecule has 0 aromatic carbocycles. The minimum Gasteiger partial charge on any atom is -0.320 e. The molecule has 1 aliphatic heterocycles. The van der Waals surface area contributed by atoms with Crippen molar-refractivity contribution in [2.45, 2.75) is 52.5 Å². The lowest BCUT2D eigenvalue weighted by Gasteiger charge is -2.57. The molecule has 5 nitrogen and oxygen atoms in total. The van der Waals surface area contributed by atoms with E-state index in [0.717, 1.165) is 37.2 Å². The molecule has 0 saturated carbocycles. The van der Waals surface area contributed by atoms with Crippen LogP contribution in [0.5, 0.6) is 0 Å². The predicted molar refractivity (Wildman–Crippen MR) is 89.1 cm³/mol. The molecule has 0 bridgehead atoms. The summed E-state index contributed by atoms with van der Waals surface area (Å²) in [5.41, 5.74) is 0.278. The Morgan fingerprint density at radius 1 is 1.45 bits per heavy atom. The number of hydrogen-bond donors (Lipinski definition) is 1. The number of carbonyl (C=O) groups is 1. The zero-order valence-electron chi connectivity index (χ0n) is 13.5. The summed E-state index contributed by atoms with van der Waals surface area (Å²) in [4.78, 5) is 14.5. The zero-order valence-corrected chi connectivity index (χ0v) is 14.3. The van der Waals surface area contributed by atoms with Gasteiger partial charge in [-0.05, 0) is 25.2 Å². The number of amides is 2. The van der Waals surface area contributed by atoms with Gasteiger partial charge in [-0.1, -0.05) is 44.3 Å². The highest BCUT2D eigenvalue weighted by atomic mass is 32.1. The molecule has 1 aliphatic carbocycles. The Bertz CT molecular complexity index is 572. The number of allylic oxidation sites excluding steroid dienone is 2. The van der Waals surface area contributed by atoms with Crippen molar-refractivity contribution in [3.63, 3.8) is 0 Å². The third kappa shape index (κ3) is 2.64. The van der Waals surface area contributed by atoms with Gasteiger partial charge in [0.1, 0.15) is 5.01 Å². The van der Waals surface area contributed by atoms with Crippen LogP contribution in [-0.2, 0) is 6.42 Å². The van der Waals surface area contributed by atoms with E-state index in [-0.39, 0.29) is 11.4 Å². The van der Waals surface area contributed by atoms with Gasteiger partial charge in [-0.3, -0.25) is 5.32 Å². The molecule has 1 N–H and O–H groups in total. The monoisotopic (exact) mass is 320 g/mol. The van der Waals surface area contributed by atoms with Crippen molar-refractivity contribution in [2.24, 2.45) is 11.3 Å². The lowest BCUT2D eigenvalue weighted by Crippen LogP contribution is -2.68. The smallest absolute Gasteiger partial charge is 0.320 e. The summed E-state index contributed by atoms with van der Waals surface area (Å²) in [7, 11) is 0. The minimum absolute atomic E-state index is 0.0320. The van der Waals surface area contributed by atoms with E-state index >= 15 is 0 Å². The second-order valence-electron chi connectivity index (χ2n) is 6.74. The number of likely N-dealkylation sites (tertiary alicyclic amines) is 1. The highest BCUT2D eigenvalue weighted by Gasteiger charge is 2.55. The topological polar surface area (TPSA) is 58.1 Å². The molecule has 2 aliphatic rings. The number of carbonyl (C=O) groups excluding carboxylic acids is 1. The summed E-state index contributed by atoms with van der Waals surface area (Å²) in [6, 6.07) is 0.279. The van der Waals surface area contributed by atoms with Crippen LogP contribution >= 0.6 is 11.3 Å². The summed E-state index contributed by atoms with van der Waals surface area (Å²) in [6.45, 7) is 7.36. The van der Waals surface area contributed by atoms with Crippen LogP contribution < -0.4 is 5.32 Å². The first-order valence-corrected chi connectivity index (χ1v) is 8.92. The Kier molecular flexibility index (Phi) is 4.21. The van der Waals surface area contributed by atoms with Gasteiger partial charge in [0, 0.05) is 24.4 Å². The van der Waals surface area contributed by atoms with Gasteiger partial charge in [0.25, 0.3) is 0 Å². The van der Waals surface area contributed by atoms with E-state index in [1.54, 1.807) is 0 Å². The molecule has 22 heavy (non-hydrogen) atoms. The Labute approximate surface area is 135 Å². The molecule has 3 rings (SSSR count). The third-order valence-corrected chi connectivity index (χ3v) is 5.60. The minimum atomic E-state index is -0.0320. The lowest BCUT2D eigenvalue weighted by atomic mass is 9.65. The quantitative estimate of drug-likeness (QED) is 0.861. The van der Waals surface area contributed by atoms with Gasteiger partial charge < -0.3 is 4.90 Å². The van der Waals surface area contributed by atoms with Crippen molar-refractivity contribution in [1.29, 1.82) is 0 Å². The maximum atomic E-state index is 12.6. The molecule has 0 radical (unpaired) electrons. The van der Waals surface area contributed by atoms with Crippen molar-refractivity contribution in [3.8, 4) is 0 Å². The fraction of sp³-hybridized carbons (Fsp3) is 0.688. The van der Waals surface area contributed by atoms with Gasteiger partial charge >= 0.3 is 6.03 Å². The van der Waals surface area contributed by atoms with Gasteiger partial charge in [0.05, 0.1) is 0 Å². The van der Waals surface area contributed by atoms with Crippen molar-refractivity contribution in [2.75, 3.05) is 11.9 Å². The first-order chi connectivity index (χ1) is 10.6. The number of rotatable bonds is 4. The summed E-state index contributed by atoms with van der Waals surface area (Å²) < 4.78 is 0. The largest absolute Gasteiger partial charge is 0.323 e. The van der Waals surface area contributed by atoms with E-state index in [4.69, 9.17) is 0 Å². The number of hydrogen-bond acceptors (Lipinski definition) is 4. The third-order valence-electron chi connectivity index (χ3n) is 4.70. The standard InChI is InChI=1S/C16H24N4OS/c1-4-7-12-18-19-14(22-12)17-15(21)20-10-16(8-5-6-9-16)13(20)11(2)3/h5-6,11,13H,4,7-10H2,1-3H3,(H,17,19,21). The number of urea groups is 1. The van der Waals surface area contributed by atoms with Crippen molar-refractivity contribution in [1.82, 2.24) is 15.1 Å². The summed E-state index contributed by atoms with van der Waals surface area (Å²) in [6.07, 6.45) is 8.66. The van der Waals surface area contributed by atoms with Crippen LogP contribution in [0.1, 0.15) is 45.0 Å². The van der Waals surface area contributed by atoms with Crippen LogP contribution in [0.4, 0.5) is 9.93 Å². The molecule has 1 saturated heterocycles. The number of aromatic nitrogens is 2. The molecular weight excluding hydrogens is 296 g/mol. The number of nitrogens with one attached hydrogen (secondary N) is 1. The molecule has 1 atom stereocenters. The van der Waals surface area contributed by atoms with Gasteiger partial charge in [-0.15, -0.1) is 10.2 Å². The SMILES string of the molecule is CCCc1nnc(NC(=O)N2CC3(CC=CC3)C2C(C)C)s1. The molecule has 2 heterocycles. The van der Waals surface area contributed by atoms with E-state index < -0.39 is 0 Å². The molecular formula is C16H24N4OS. The second-order valence-corrected chi connectivity index (χ2v) is 7.80. The van der Waals surface area contributed by atoms with Crippen LogP contribution in [0.3, 0.4) is 0 Å². The van der Waals surface area contributed by atoms with Gasteiger partial charge in [-0.2, -0.15) is 0 Å². The fourth-order valence-corrected chi connectivity index (χ4v) is 4.72. The van der Waals surface area contributed by atoms with Crippen LogP contribution in [0.2, 0.25) is 0 Å². The van der Waals surface area contributed by atoms with E-state index in [2.05, 4.69) is 48.4 Å². The lowest BCUT2D eigenvalue weighted by molar-refractivity contribution is -0.0538.